The number of rotatable bonds is 4. The third kappa shape index (κ3) is 2.62. The largest absolute Gasteiger partial charge is 0.456 e. The van der Waals surface area contributed by atoms with E-state index in [1.165, 1.54) is 44.6 Å². The minimum atomic E-state index is -0.227. The van der Waals surface area contributed by atoms with Crippen molar-refractivity contribution in [1.29, 1.82) is 0 Å². The highest BCUT2D eigenvalue weighted by atomic mass is 16.6. The summed E-state index contributed by atoms with van der Waals surface area (Å²) in [6.07, 6.45) is 12.3. The van der Waals surface area contributed by atoms with Crippen LogP contribution in [0.25, 0.3) is 0 Å². The van der Waals surface area contributed by atoms with Gasteiger partial charge in [-0.25, -0.2) is 4.79 Å². The number of fused-ring (bicyclic) bond motifs is 1. The molecule has 3 atom stereocenters. The molecule has 0 aromatic heterocycles. The van der Waals surface area contributed by atoms with E-state index in [-0.39, 0.29) is 11.6 Å². The molecule has 0 heterocycles. The molecule has 2 saturated carbocycles. The van der Waals surface area contributed by atoms with Crippen LogP contribution in [-0.4, -0.2) is 11.6 Å². The van der Waals surface area contributed by atoms with E-state index in [1.807, 2.05) is 0 Å². The quantitative estimate of drug-likeness (QED) is 0.551. The zero-order chi connectivity index (χ0) is 13.0. The standard InChI is InChI=1S/C16H26O2/c1-3-11-16(18-15(17)4-2)12-7-9-13-8-5-6-10-14(13)16/h4,13-14H,2-3,5-12H2,1H3. The highest BCUT2D eigenvalue weighted by Gasteiger charge is 2.48. The summed E-state index contributed by atoms with van der Waals surface area (Å²) < 4.78 is 5.88. The van der Waals surface area contributed by atoms with Crippen molar-refractivity contribution in [1.82, 2.24) is 0 Å². The monoisotopic (exact) mass is 250 g/mol. The Morgan fingerprint density at radius 3 is 2.78 bits per heavy atom. The fraction of sp³-hybridized carbons (Fsp3) is 0.812. The van der Waals surface area contributed by atoms with Gasteiger partial charge in [0.05, 0.1) is 0 Å². The molecule has 0 spiro atoms. The van der Waals surface area contributed by atoms with Crippen LogP contribution in [0.3, 0.4) is 0 Å². The van der Waals surface area contributed by atoms with Gasteiger partial charge in [0.2, 0.25) is 0 Å². The number of esters is 1. The van der Waals surface area contributed by atoms with Crippen LogP contribution < -0.4 is 0 Å². The van der Waals surface area contributed by atoms with Crippen LogP contribution in [0, 0.1) is 11.8 Å². The van der Waals surface area contributed by atoms with Gasteiger partial charge in [0.15, 0.2) is 0 Å². The number of hydrogen-bond donors (Lipinski definition) is 0. The third-order valence-corrected chi connectivity index (χ3v) is 4.90. The van der Waals surface area contributed by atoms with Gasteiger partial charge < -0.3 is 4.74 Å². The Morgan fingerprint density at radius 2 is 2.06 bits per heavy atom. The van der Waals surface area contributed by atoms with Crippen molar-refractivity contribution >= 4 is 5.97 Å². The van der Waals surface area contributed by atoms with Gasteiger partial charge in [0.1, 0.15) is 5.60 Å². The number of ether oxygens (including phenoxy) is 1. The third-order valence-electron chi connectivity index (χ3n) is 4.90. The smallest absolute Gasteiger partial charge is 0.330 e. The van der Waals surface area contributed by atoms with E-state index in [0.717, 1.165) is 25.2 Å². The zero-order valence-corrected chi connectivity index (χ0v) is 11.6. The molecular weight excluding hydrogens is 224 g/mol. The SMILES string of the molecule is C=CC(=O)OC1(CCC)CCCC2CCCCC21. The van der Waals surface area contributed by atoms with Crippen LogP contribution in [-0.2, 0) is 9.53 Å². The van der Waals surface area contributed by atoms with Gasteiger partial charge in [-0.1, -0.05) is 39.2 Å². The molecule has 3 unspecified atom stereocenters. The minimum absolute atomic E-state index is 0.177. The molecule has 2 aliphatic rings. The maximum absolute atomic E-state index is 11.7. The van der Waals surface area contributed by atoms with Crippen LogP contribution in [0.2, 0.25) is 0 Å². The Labute approximate surface area is 111 Å². The molecule has 0 N–H and O–H groups in total. The van der Waals surface area contributed by atoms with Gasteiger partial charge in [-0.05, 0) is 38.0 Å². The Hall–Kier alpha value is -0.790. The van der Waals surface area contributed by atoms with Gasteiger partial charge in [-0.15, -0.1) is 0 Å². The lowest BCUT2D eigenvalue weighted by molar-refractivity contribution is -0.173. The molecule has 0 radical (unpaired) electrons. The lowest BCUT2D eigenvalue weighted by Crippen LogP contribution is -2.49. The molecule has 0 aromatic rings. The van der Waals surface area contributed by atoms with Crippen molar-refractivity contribution in [3.05, 3.63) is 12.7 Å². The Morgan fingerprint density at radius 1 is 1.33 bits per heavy atom. The lowest BCUT2D eigenvalue weighted by atomic mass is 9.61. The van der Waals surface area contributed by atoms with Gasteiger partial charge in [-0.3, -0.25) is 0 Å². The average molecular weight is 250 g/mol. The van der Waals surface area contributed by atoms with Crippen molar-refractivity contribution < 1.29 is 9.53 Å². The number of carbonyl (C=O) groups is 1. The number of hydrogen-bond acceptors (Lipinski definition) is 2. The Balaban J connectivity index is 2.19. The molecule has 0 saturated heterocycles. The minimum Gasteiger partial charge on any atom is -0.456 e. The van der Waals surface area contributed by atoms with E-state index < -0.39 is 0 Å². The van der Waals surface area contributed by atoms with E-state index in [4.69, 9.17) is 4.74 Å². The molecule has 0 aromatic carbocycles. The fourth-order valence-corrected chi connectivity index (χ4v) is 4.25. The zero-order valence-electron chi connectivity index (χ0n) is 11.6. The summed E-state index contributed by atoms with van der Waals surface area (Å²) in [6.45, 7) is 5.74. The highest BCUT2D eigenvalue weighted by molar-refractivity contribution is 5.81. The summed E-state index contributed by atoms with van der Waals surface area (Å²) >= 11 is 0. The normalized spacial score (nSPS) is 35.6. The van der Waals surface area contributed by atoms with Crippen molar-refractivity contribution in [2.45, 2.75) is 70.3 Å². The summed E-state index contributed by atoms with van der Waals surface area (Å²) in [5.74, 6) is 1.16. The molecule has 2 rings (SSSR count). The first-order valence-corrected chi connectivity index (χ1v) is 7.57. The molecule has 2 aliphatic carbocycles. The summed E-state index contributed by atoms with van der Waals surface area (Å²) in [5, 5.41) is 0. The van der Waals surface area contributed by atoms with Crippen LogP contribution in [0.15, 0.2) is 12.7 Å². The first-order valence-electron chi connectivity index (χ1n) is 7.57. The summed E-state index contributed by atoms with van der Waals surface area (Å²) in [7, 11) is 0. The Bertz CT molecular complexity index is 304. The molecule has 2 heteroatoms. The first kappa shape index (κ1) is 13.6. The lowest BCUT2D eigenvalue weighted by Gasteiger charge is -2.49. The summed E-state index contributed by atoms with van der Waals surface area (Å²) in [6, 6.07) is 0. The van der Waals surface area contributed by atoms with E-state index >= 15 is 0 Å². The van der Waals surface area contributed by atoms with Crippen molar-refractivity contribution in [2.24, 2.45) is 11.8 Å². The van der Waals surface area contributed by atoms with E-state index in [0.29, 0.717) is 5.92 Å². The second-order valence-electron chi connectivity index (χ2n) is 5.98. The number of carbonyl (C=O) groups excluding carboxylic acids is 1. The average Bonchev–Trinajstić information content (AvgIpc) is 2.39. The van der Waals surface area contributed by atoms with E-state index in [9.17, 15) is 4.79 Å². The maximum Gasteiger partial charge on any atom is 0.330 e. The van der Waals surface area contributed by atoms with Crippen LogP contribution >= 0.6 is 0 Å². The van der Waals surface area contributed by atoms with Crippen molar-refractivity contribution in [2.75, 3.05) is 0 Å². The Kier molecular flexibility index (Phi) is 4.47. The summed E-state index contributed by atoms with van der Waals surface area (Å²) in [5.41, 5.74) is -0.177. The van der Waals surface area contributed by atoms with Crippen molar-refractivity contribution in [3.63, 3.8) is 0 Å². The van der Waals surface area contributed by atoms with Gasteiger partial charge in [0, 0.05) is 12.0 Å². The molecule has 2 nitrogen and oxygen atoms in total. The van der Waals surface area contributed by atoms with Crippen LogP contribution in [0.1, 0.15) is 64.7 Å². The second kappa shape index (κ2) is 5.90. The highest BCUT2D eigenvalue weighted by Crippen LogP contribution is 2.49. The fourth-order valence-electron chi connectivity index (χ4n) is 4.25. The molecule has 0 amide bonds. The van der Waals surface area contributed by atoms with Crippen LogP contribution in [0.5, 0.6) is 0 Å². The van der Waals surface area contributed by atoms with E-state index in [1.54, 1.807) is 0 Å². The molecular formula is C16H26O2. The van der Waals surface area contributed by atoms with Gasteiger partial charge >= 0.3 is 5.97 Å². The molecule has 0 aliphatic heterocycles. The predicted octanol–water partition coefficient (Wildman–Crippen LogP) is 4.24. The summed E-state index contributed by atoms with van der Waals surface area (Å²) in [4.78, 5) is 11.7. The second-order valence-corrected chi connectivity index (χ2v) is 5.98. The predicted molar refractivity (Wildman–Crippen MR) is 73.2 cm³/mol. The van der Waals surface area contributed by atoms with Gasteiger partial charge in [0.25, 0.3) is 0 Å². The maximum atomic E-state index is 11.7. The molecule has 0 bridgehead atoms. The van der Waals surface area contributed by atoms with E-state index in [2.05, 4.69) is 13.5 Å². The van der Waals surface area contributed by atoms with Crippen molar-refractivity contribution in [3.8, 4) is 0 Å². The topological polar surface area (TPSA) is 26.3 Å². The molecule has 2 fully saturated rings. The molecule has 18 heavy (non-hydrogen) atoms. The molecule has 102 valence electrons. The van der Waals surface area contributed by atoms with Gasteiger partial charge in [-0.2, -0.15) is 0 Å². The first-order chi connectivity index (χ1) is 8.72. The van der Waals surface area contributed by atoms with Crippen LogP contribution in [0.4, 0.5) is 0 Å².